The fourth-order valence-electron chi connectivity index (χ4n) is 2.02. The maximum absolute atomic E-state index is 11.8. The molecule has 0 bridgehead atoms. The van der Waals surface area contributed by atoms with Gasteiger partial charge in [0, 0.05) is 28.7 Å². The van der Waals surface area contributed by atoms with Crippen molar-refractivity contribution < 1.29 is 17.4 Å². The van der Waals surface area contributed by atoms with Crippen LogP contribution in [0.2, 0.25) is 0 Å². The molecule has 6 heteroatoms. The molecule has 1 fully saturated rings. The van der Waals surface area contributed by atoms with Crippen LogP contribution in [0.5, 0.6) is 0 Å². The molecule has 0 aliphatic heterocycles. The number of ketones is 1. The second-order valence-corrected chi connectivity index (χ2v) is 8.56. The van der Waals surface area contributed by atoms with Crippen molar-refractivity contribution in [3.8, 4) is 0 Å². The molecule has 1 atom stereocenters. The topological polar surface area (TPSA) is 68.3 Å². The molecule has 4 nitrogen and oxygen atoms in total. The number of carbonyl (C=O) groups is 1. The van der Waals surface area contributed by atoms with Gasteiger partial charge < -0.3 is 0 Å². The molecule has 1 unspecified atom stereocenters. The minimum Gasteiger partial charge on any atom is -0.298 e. The lowest BCUT2D eigenvalue weighted by atomic mass is 9.87. The lowest BCUT2D eigenvalue weighted by Gasteiger charge is -2.19. The van der Waals surface area contributed by atoms with Crippen molar-refractivity contribution in [2.45, 2.75) is 32.1 Å². The summed E-state index contributed by atoms with van der Waals surface area (Å²) in [6.07, 6.45) is 6.26. The van der Waals surface area contributed by atoms with Crippen LogP contribution in [-0.2, 0) is 25.4 Å². The molecule has 0 spiro atoms. The summed E-state index contributed by atoms with van der Waals surface area (Å²) in [7, 11) is -4.41. The molecule has 17 heavy (non-hydrogen) atoms. The quantitative estimate of drug-likeness (QED) is 0.726. The van der Waals surface area contributed by atoms with Crippen molar-refractivity contribution in [3.63, 3.8) is 0 Å². The van der Waals surface area contributed by atoms with Crippen LogP contribution in [0.1, 0.15) is 32.1 Å². The monoisotopic (exact) mass is 280 g/mol. The van der Waals surface area contributed by atoms with E-state index in [1.165, 1.54) is 6.42 Å². The minimum absolute atomic E-state index is 0.0280. The van der Waals surface area contributed by atoms with E-state index >= 15 is 0 Å². The Hall–Kier alpha value is -0.230. The molecular weight excluding hydrogens is 260 g/mol. The largest absolute Gasteiger partial charge is 0.298 e. The molecule has 0 heterocycles. The van der Waals surface area contributed by atoms with Crippen LogP contribution in [0.15, 0.2) is 0 Å². The number of rotatable bonds is 6. The number of hydrogen-bond acceptors (Lipinski definition) is 4. The van der Waals surface area contributed by atoms with Gasteiger partial charge in [0.1, 0.15) is 15.6 Å². The predicted molar refractivity (Wildman–Crippen MR) is 69.2 cm³/mol. The minimum atomic E-state index is -3.08. The van der Waals surface area contributed by atoms with Crippen molar-refractivity contribution in [2.75, 3.05) is 23.5 Å². The van der Waals surface area contributed by atoms with Gasteiger partial charge in [0.2, 0.25) is 0 Å². The number of hydrogen-bond donors (Lipinski definition) is 0. The molecule has 0 N–H and O–H groups in total. The van der Waals surface area contributed by atoms with Gasteiger partial charge in [-0.3, -0.25) is 9.00 Å². The van der Waals surface area contributed by atoms with E-state index in [0.29, 0.717) is 0 Å². The molecule has 0 aromatic carbocycles. The Balaban J connectivity index is 2.32. The summed E-state index contributed by atoms with van der Waals surface area (Å²) in [5.41, 5.74) is 0. The van der Waals surface area contributed by atoms with Gasteiger partial charge in [0.05, 0.1) is 11.5 Å². The third-order valence-electron chi connectivity index (χ3n) is 3.05. The van der Waals surface area contributed by atoms with Crippen molar-refractivity contribution >= 4 is 26.4 Å². The van der Waals surface area contributed by atoms with Gasteiger partial charge in [0.25, 0.3) is 0 Å². The van der Waals surface area contributed by atoms with E-state index in [-0.39, 0.29) is 29.0 Å². The molecule has 0 amide bonds. The van der Waals surface area contributed by atoms with Gasteiger partial charge in [-0.05, 0) is 12.8 Å². The maximum atomic E-state index is 11.8. The van der Waals surface area contributed by atoms with Gasteiger partial charge in [-0.15, -0.1) is 0 Å². The fourth-order valence-corrected chi connectivity index (χ4v) is 4.67. The molecule has 0 radical (unpaired) electrons. The van der Waals surface area contributed by atoms with Crippen molar-refractivity contribution in [1.29, 1.82) is 0 Å². The highest BCUT2D eigenvalue weighted by Crippen LogP contribution is 2.24. The summed E-state index contributed by atoms with van der Waals surface area (Å²) < 4.78 is 33.4. The van der Waals surface area contributed by atoms with Crippen LogP contribution in [0.3, 0.4) is 0 Å². The normalized spacial score (nSPS) is 20.1. The Morgan fingerprint density at radius 2 is 1.82 bits per heavy atom. The molecule has 1 aliphatic rings. The first-order valence-corrected chi connectivity index (χ1v) is 9.49. The Bertz CT molecular complexity index is 380. The zero-order valence-corrected chi connectivity index (χ0v) is 11.8. The highest BCUT2D eigenvalue weighted by molar-refractivity contribution is 7.92. The first kappa shape index (κ1) is 14.8. The van der Waals surface area contributed by atoms with Crippen LogP contribution in [0.25, 0.3) is 0 Å². The lowest BCUT2D eigenvalue weighted by molar-refractivity contribution is -0.121. The molecule has 0 saturated heterocycles. The summed E-state index contributed by atoms with van der Waals surface area (Å²) >= 11 is 0. The molecule has 0 aromatic rings. The third kappa shape index (κ3) is 6.31. The average molecular weight is 280 g/mol. The fraction of sp³-hybridized carbons (Fsp3) is 0.909. The number of carbonyl (C=O) groups excluding carboxylic acids is 1. The molecular formula is C11H20O4S2. The van der Waals surface area contributed by atoms with Crippen molar-refractivity contribution in [2.24, 2.45) is 5.92 Å². The molecule has 1 rings (SSSR count). The highest BCUT2D eigenvalue weighted by Gasteiger charge is 2.22. The van der Waals surface area contributed by atoms with Crippen LogP contribution in [0.4, 0.5) is 0 Å². The van der Waals surface area contributed by atoms with E-state index in [9.17, 15) is 17.4 Å². The predicted octanol–water partition coefficient (Wildman–Crippen LogP) is 0.929. The highest BCUT2D eigenvalue weighted by atomic mass is 32.2. The Labute approximate surface area is 106 Å². The van der Waals surface area contributed by atoms with Gasteiger partial charge in [0.15, 0.2) is 0 Å². The Morgan fingerprint density at radius 3 is 2.35 bits per heavy atom. The van der Waals surface area contributed by atoms with Gasteiger partial charge in [-0.1, -0.05) is 19.3 Å². The zero-order chi connectivity index (χ0) is 12.9. The summed E-state index contributed by atoms with van der Waals surface area (Å²) in [4.78, 5) is 11.8. The van der Waals surface area contributed by atoms with E-state index in [1.807, 2.05) is 0 Å². The standard InChI is InChI=1S/C11H20O4S2/c1-17(14,15)8-7-16(13)9-11(12)10-5-3-2-4-6-10/h10H,2-9H2,1H3. The molecule has 100 valence electrons. The van der Waals surface area contributed by atoms with E-state index in [1.54, 1.807) is 0 Å². The Morgan fingerprint density at radius 1 is 1.24 bits per heavy atom. The van der Waals surface area contributed by atoms with Gasteiger partial charge in [-0.2, -0.15) is 0 Å². The molecule has 1 saturated carbocycles. The van der Waals surface area contributed by atoms with Crippen LogP contribution < -0.4 is 0 Å². The number of Topliss-reactive ketones (excluding diaryl/α,β-unsaturated/α-hetero) is 1. The third-order valence-corrected chi connectivity index (χ3v) is 5.52. The van der Waals surface area contributed by atoms with Crippen LogP contribution in [0, 0.1) is 5.92 Å². The zero-order valence-electron chi connectivity index (χ0n) is 10.2. The second-order valence-electron chi connectivity index (χ2n) is 4.72. The van der Waals surface area contributed by atoms with Crippen LogP contribution in [-0.4, -0.2) is 41.9 Å². The first-order valence-electron chi connectivity index (χ1n) is 5.94. The SMILES string of the molecule is CS(=O)(=O)CCS(=O)CC(=O)C1CCCCC1. The van der Waals surface area contributed by atoms with Gasteiger partial charge in [-0.25, -0.2) is 8.42 Å². The van der Waals surface area contributed by atoms with E-state index in [4.69, 9.17) is 0 Å². The number of sulfone groups is 1. The van der Waals surface area contributed by atoms with E-state index in [0.717, 1.165) is 31.9 Å². The summed E-state index contributed by atoms with van der Waals surface area (Å²) in [5.74, 6) is 0.122. The maximum Gasteiger partial charge on any atom is 0.148 e. The smallest absolute Gasteiger partial charge is 0.148 e. The summed E-state index contributed by atoms with van der Waals surface area (Å²) in [6.45, 7) is 0. The molecule has 0 aromatic heterocycles. The van der Waals surface area contributed by atoms with Crippen LogP contribution >= 0.6 is 0 Å². The van der Waals surface area contributed by atoms with Crippen molar-refractivity contribution in [3.05, 3.63) is 0 Å². The van der Waals surface area contributed by atoms with E-state index < -0.39 is 20.6 Å². The lowest BCUT2D eigenvalue weighted by Crippen LogP contribution is -2.25. The van der Waals surface area contributed by atoms with Crippen molar-refractivity contribution in [1.82, 2.24) is 0 Å². The first-order chi connectivity index (χ1) is 7.88. The van der Waals surface area contributed by atoms with E-state index in [2.05, 4.69) is 0 Å². The summed E-state index contributed by atoms with van der Waals surface area (Å²) in [5, 5.41) is 0. The van der Waals surface area contributed by atoms with Gasteiger partial charge >= 0.3 is 0 Å². The summed E-state index contributed by atoms with van der Waals surface area (Å²) in [6, 6.07) is 0. The molecule has 1 aliphatic carbocycles. The average Bonchev–Trinajstić information content (AvgIpc) is 2.27. The second kappa shape index (κ2) is 6.64. The Kier molecular flexibility index (Phi) is 5.79.